The number of aromatic nitrogens is 4. The zero-order valence-corrected chi connectivity index (χ0v) is 18.0. The lowest BCUT2D eigenvalue weighted by Gasteiger charge is -2.16. The Morgan fingerprint density at radius 3 is 2.61 bits per heavy atom. The highest BCUT2D eigenvalue weighted by molar-refractivity contribution is 6.04. The van der Waals surface area contributed by atoms with Gasteiger partial charge in [0.1, 0.15) is 12.1 Å². The van der Waals surface area contributed by atoms with Crippen molar-refractivity contribution in [3.63, 3.8) is 0 Å². The van der Waals surface area contributed by atoms with Gasteiger partial charge in [-0.15, -0.1) is 0 Å². The van der Waals surface area contributed by atoms with Gasteiger partial charge in [-0.2, -0.15) is 4.98 Å². The van der Waals surface area contributed by atoms with E-state index in [1.165, 1.54) is 0 Å². The second kappa shape index (κ2) is 8.92. The summed E-state index contributed by atoms with van der Waals surface area (Å²) in [5.41, 5.74) is 4.19. The van der Waals surface area contributed by atoms with Gasteiger partial charge in [-0.05, 0) is 55.0 Å². The molecule has 0 aliphatic rings. The molecule has 3 aromatic carbocycles. The van der Waals surface area contributed by atoms with E-state index in [2.05, 4.69) is 25.6 Å². The van der Waals surface area contributed by atoms with E-state index in [0.717, 1.165) is 28.1 Å². The molecule has 7 nitrogen and oxygen atoms in total. The molecular formula is C26H22N6O. The van der Waals surface area contributed by atoms with Gasteiger partial charge >= 0.3 is 0 Å². The second-order valence-electron chi connectivity index (χ2n) is 7.65. The number of para-hydroxylation sites is 3. The van der Waals surface area contributed by atoms with Gasteiger partial charge in [-0.1, -0.05) is 42.5 Å². The normalized spacial score (nSPS) is 11.8. The van der Waals surface area contributed by atoms with Crippen molar-refractivity contribution in [2.24, 2.45) is 0 Å². The Morgan fingerprint density at radius 2 is 1.73 bits per heavy atom. The van der Waals surface area contributed by atoms with Crippen LogP contribution in [-0.4, -0.2) is 25.4 Å². The maximum atomic E-state index is 12.7. The summed E-state index contributed by atoms with van der Waals surface area (Å²) in [6.45, 7) is 2.01. The quantitative estimate of drug-likeness (QED) is 0.382. The molecule has 0 spiro atoms. The summed E-state index contributed by atoms with van der Waals surface area (Å²) in [4.78, 5) is 26.1. The van der Waals surface area contributed by atoms with Crippen LogP contribution < -0.4 is 10.6 Å². The van der Waals surface area contributed by atoms with E-state index >= 15 is 0 Å². The SMILES string of the molecule is C[C@H](Nc1nccc(-n2cnc3ccccc32)n1)c1cccc(C(=O)Nc2ccccc2)c1. The minimum atomic E-state index is -0.152. The van der Waals surface area contributed by atoms with Crippen molar-refractivity contribution in [2.45, 2.75) is 13.0 Å². The Balaban J connectivity index is 1.34. The zero-order chi connectivity index (χ0) is 22.6. The van der Waals surface area contributed by atoms with Crippen LogP contribution in [0.2, 0.25) is 0 Å². The number of benzene rings is 3. The van der Waals surface area contributed by atoms with Gasteiger partial charge in [0.05, 0.1) is 17.1 Å². The van der Waals surface area contributed by atoms with Gasteiger partial charge in [-0.25, -0.2) is 9.97 Å². The Bertz CT molecular complexity index is 1410. The third-order valence-electron chi connectivity index (χ3n) is 5.37. The molecule has 1 amide bonds. The van der Waals surface area contributed by atoms with E-state index in [4.69, 9.17) is 0 Å². The first kappa shape index (κ1) is 20.4. The van der Waals surface area contributed by atoms with Crippen LogP contribution in [0.3, 0.4) is 0 Å². The van der Waals surface area contributed by atoms with Gasteiger partial charge in [0.2, 0.25) is 5.95 Å². The molecule has 162 valence electrons. The number of anilines is 2. The highest BCUT2D eigenvalue weighted by Crippen LogP contribution is 2.21. The summed E-state index contributed by atoms with van der Waals surface area (Å²) in [6, 6.07) is 26.6. The number of carbonyl (C=O) groups is 1. The monoisotopic (exact) mass is 434 g/mol. The van der Waals surface area contributed by atoms with E-state index in [0.29, 0.717) is 11.5 Å². The van der Waals surface area contributed by atoms with Gasteiger partial charge in [0.15, 0.2) is 0 Å². The highest BCUT2D eigenvalue weighted by Gasteiger charge is 2.13. The summed E-state index contributed by atoms with van der Waals surface area (Å²) in [5, 5.41) is 6.26. The summed E-state index contributed by atoms with van der Waals surface area (Å²) in [7, 11) is 0. The maximum Gasteiger partial charge on any atom is 0.255 e. The maximum absolute atomic E-state index is 12.7. The van der Waals surface area contributed by atoms with Crippen LogP contribution in [-0.2, 0) is 0 Å². The smallest absolute Gasteiger partial charge is 0.255 e. The van der Waals surface area contributed by atoms with E-state index in [9.17, 15) is 4.79 Å². The topological polar surface area (TPSA) is 84.7 Å². The minimum Gasteiger partial charge on any atom is -0.348 e. The first-order valence-electron chi connectivity index (χ1n) is 10.7. The van der Waals surface area contributed by atoms with Crippen molar-refractivity contribution in [2.75, 3.05) is 10.6 Å². The Hall–Kier alpha value is -4.52. The molecule has 5 aromatic rings. The molecule has 0 radical (unpaired) electrons. The molecule has 0 aliphatic carbocycles. The molecule has 0 saturated carbocycles. The largest absolute Gasteiger partial charge is 0.348 e. The molecule has 33 heavy (non-hydrogen) atoms. The first-order chi connectivity index (χ1) is 16.2. The van der Waals surface area contributed by atoms with Crippen LogP contribution in [0.25, 0.3) is 16.9 Å². The van der Waals surface area contributed by atoms with E-state index < -0.39 is 0 Å². The first-order valence-corrected chi connectivity index (χ1v) is 10.7. The number of rotatable bonds is 6. The van der Waals surface area contributed by atoms with E-state index in [1.54, 1.807) is 18.6 Å². The molecule has 7 heteroatoms. The number of nitrogens with one attached hydrogen (secondary N) is 2. The number of nitrogens with zero attached hydrogens (tertiary/aromatic N) is 4. The molecule has 2 heterocycles. The molecule has 0 fully saturated rings. The van der Waals surface area contributed by atoms with Crippen molar-refractivity contribution in [1.82, 2.24) is 19.5 Å². The molecule has 0 bridgehead atoms. The number of hydrogen-bond donors (Lipinski definition) is 2. The minimum absolute atomic E-state index is 0.107. The molecule has 2 aromatic heterocycles. The summed E-state index contributed by atoms with van der Waals surface area (Å²) < 4.78 is 1.93. The third kappa shape index (κ3) is 4.43. The van der Waals surface area contributed by atoms with Crippen LogP contribution in [0.5, 0.6) is 0 Å². The summed E-state index contributed by atoms with van der Waals surface area (Å²) >= 11 is 0. The molecule has 1 atom stereocenters. The van der Waals surface area contributed by atoms with Crippen molar-refractivity contribution in [3.8, 4) is 5.82 Å². The van der Waals surface area contributed by atoms with Crippen LogP contribution in [0.1, 0.15) is 28.9 Å². The number of fused-ring (bicyclic) bond motifs is 1. The number of amides is 1. The fraction of sp³-hybridized carbons (Fsp3) is 0.0769. The lowest BCUT2D eigenvalue weighted by molar-refractivity contribution is 0.102. The molecule has 2 N–H and O–H groups in total. The van der Waals surface area contributed by atoms with Gasteiger partial charge in [-0.3, -0.25) is 9.36 Å². The van der Waals surface area contributed by atoms with E-state index in [1.807, 2.05) is 90.4 Å². The van der Waals surface area contributed by atoms with Crippen LogP contribution in [0, 0.1) is 0 Å². The number of imidazole rings is 1. The van der Waals surface area contributed by atoms with Crippen LogP contribution >= 0.6 is 0 Å². The second-order valence-corrected chi connectivity index (χ2v) is 7.65. The third-order valence-corrected chi connectivity index (χ3v) is 5.37. The summed E-state index contributed by atoms with van der Waals surface area (Å²) in [6.07, 6.45) is 3.48. The zero-order valence-electron chi connectivity index (χ0n) is 18.0. The van der Waals surface area contributed by atoms with Gasteiger partial charge in [0.25, 0.3) is 5.91 Å². The van der Waals surface area contributed by atoms with Crippen molar-refractivity contribution < 1.29 is 4.79 Å². The van der Waals surface area contributed by atoms with E-state index in [-0.39, 0.29) is 11.9 Å². The number of carbonyl (C=O) groups excluding carboxylic acids is 1. The molecule has 0 unspecified atom stereocenters. The van der Waals surface area contributed by atoms with Gasteiger partial charge < -0.3 is 10.6 Å². The van der Waals surface area contributed by atoms with Crippen LogP contribution in [0.15, 0.2) is 97.5 Å². The van der Waals surface area contributed by atoms with Crippen molar-refractivity contribution in [1.29, 1.82) is 0 Å². The molecule has 0 aliphatic heterocycles. The lowest BCUT2D eigenvalue weighted by Crippen LogP contribution is -2.14. The standard InChI is InChI=1S/C26H22N6O/c1-18(19-8-7-9-20(16-19)25(33)30-21-10-3-2-4-11-21)29-26-27-15-14-24(31-26)32-17-28-22-12-5-6-13-23(22)32/h2-18H,1H3,(H,30,33)(H,27,29,31)/t18-/m0/s1. The molecular weight excluding hydrogens is 412 g/mol. The summed E-state index contributed by atoms with van der Waals surface area (Å²) in [5.74, 6) is 1.07. The Kier molecular flexibility index (Phi) is 5.51. The fourth-order valence-electron chi connectivity index (χ4n) is 3.65. The average Bonchev–Trinajstić information content (AvgIpc) is 3.29. The predicted molar refractivity (Wildman–Crippen MR) is 130 cm³/mol. The number of hydrogen-bond acceptors (Lipinski definition) is 5. The average molecular weight is 435 g/mol. The molecule has 5 rings (SSSR count). The van der Waals surface area contributed by atoms with Gasteiger partial charge in [0, 0.05) is 17.4 Å². The van der Waals surface area contributed by atoms with Crippen LogP contribution in [0.4, 0.5) is 11.6 Å². The lowest BCUT2D eigenvalue weighted by atomic mass is 10.0. The predicted octanol–water partition coefficient (Wildman–Crippen LogP) is 5.24. The highest BCUT2D eigenvalue weighted by atomic mass is 16.1. The fourth-order valence-corrected chi connectivity index (χ4v) is 3.65. The van der Waals surface area contributed by atoms with Crippen molar-refractivity contribution >= 4 is 28.6 Å². The molecule has 0 saturated heterocycles. The Morgan fingerprint density at radius 1 is 0.909 bits per heavy atom. The Labute approximate surface area is 191 Å². The van der Waals surface area contributed by atoms with Crippen molar-refractivity contribution in [3.05, 3.63) is 109 Å².